The van der Waals surface area contributed by atoms with Gasteiger partial charge in [0.2, 0.25) is 0 Å². The molecule has 1 aliphatic rings. The number of hydrogen-bond acceptors (Lipinski definition) is 5. The van der Waals surface area contributed by atoms with E-state index in [1.54, 1.807) is 6.07 Å². The van der Waals surface area contributed by atoms with Crippen LogP contribution in [-0.2, 0) is 27.2 Å². The van der Waals surface area contributed by atoms with Gasteiger partial charge in [-0.05, 0) is 67.6 Å². The number of halogens is 1. The smallest absolute Gasteiger partial charge is 0.344 e. The maximum absolute atomic E-state index is 12.2. The molecule has 0 fully saturated rings. The van der Waals surface area contributed by atoms with Gasteiger partial charge in [0.15, 0.2) is 12.7 Å². The number of hydrogen-bond donors (Lipinski definition) is 1. The van der Waals surface area contributed by atoms with Crippen LogP contribution in [0.2, 0.25) is 5.02 Å². The van der Waals surface area contributed by atoms with Crippen LogP contribution in [0.25, 0.3) is 0 Å². The number of esters is 1. The van der Waals surface area contributed by atoms with Crippen LogP contribution in [0.4, 0.5) is 5.69 Å². The third-order valence-electron chi connectivity index (χ3n) is 4.46. The minimum Gasteiger partial charge on any atom is -0.482 e. The van der Waals surface area contributed by atoms with Crippen molar-refractivity contribution in [1.82, 2.24) is 0 Å². The molecule has 0 spiro atoms. The molecule has 1 amide bonds. The minimum absolute atomic E-state index is 0.229. The molecule has 0 radical (unpaired) electrons. The number of anilines is 1. The standard InChI is InChI=1S/C21H19ClN2O4/c1-13(21(26)24-17-7-5-16(11-23)19(22)10-17)28-20(25)12-27-18-8-6-14-3-2-4-15(14)9-18/h5-10,13H,2-4,12H2,1H3,(H,24,26)/t13-/m1/s1. The Hall–Kier alpha value is -3.04. The highest BCUT2D eigenvalue weighted by Gasteiger charge is 2.19. The van der Waals surface area contributed by atoms with Crippen LogP contribution in [-0.4, -0.2) is 24.6 Å². The van der Waals surface area contributed by atoms with Crippen molar-refractivity contribution in [3.63, 3.8) is 0 Å². The van der Waals surface area contributed by atoms with Crippen LogP contribution in [0.5, 0.6) is 5.75 Å². The fraction of sp³-hybridized carbons (Fsp3) is 0.286. The van der Waals surface area contributed by atoms with Crippen molar-refractivity contribution in [2.24, 2.45) is 0 Å². The number of fused-ring (bicyclic) bond motifs is 1. The quantitative estimate of drug-likeness (QED) is 0.750. The number of nitrogens with one attached hydrogen (secondary N) is 1. The first-order valence-electron chi connectivity index (χ1n) is 8.91. The van der Waals surface area contributed by atoms with Crippen molar-refractivity contribution >= 4 is 29.2 Å². The summed E-state index contributed by atoms with van der Waals surface area (Å²) < 4.78 is 10.6. The molecule has 1 atom stereocenters. The molecule has 0 heterocycles. The van der Waals surface area contributed by atoms with Crippen molar-refractivity contribution in [3.8, 4) is 11.8 Å². The molecule has 0 unspecified atom stereocenters. The molecule has 2 aromatic carbocycles. The first kappa shape index (κ1) is 19.7. The summed E-state index contributed by atoms with van der Waals surface area (Å²) in [4.78, 5) is 24.1. The van der Waals surface area contributed by atoms with Gasteiger partial charge in [0.1, 0.15) is 11.8 Å². The normalized spacial score (nSPS) is 13.2. The fourth-order valence-electron chi connectivity index (χ4n) is 2.99. The molecule has 0 bridgehead atoms. The zero-order valence-corrected chi connectivity index (χ0v) is 16.1. The van der Waals surface area contributed by atoms with Gasteiger partial charge in [0, 0.05) is 5.69 Å². The van der Waals surface area contributed by atoms with Gasteiger partial charge >= 0.3 is 5.97 Å². The lowest BCUT2D eigenvalue weighted by atomic mass is 10.1. The van der Waals surface area contributed by atoms with Crippen LogP contribution in [0.15, 0.2) is 36.4 Å². The predicted octanol–water partition coefficient (Wildman–Crippen LogP) is 3.65. The monoisotopic (exact) mass is 398 g/mol. The highest BCUT2D eigenvalue weighted by atomic mass is 35.5. The van der Waals surface area contributed by atoms with E-state index < -0.39 is 18.0 Å². The van der Waals surface area contributed by atoms with E-state index in [4.69, 9.17) is 26.3 Å². The van der Waals surface area contributed by atoms with Crippen molar-refractivity contribution in [2.75, 3.05) is 11.9 Å². The van der Waals surface area contributed by atoms with Gasteiger partial charge in [-0.2, -0.15) is 5.26 Å². The van der Waals surface area contributed by atoms with Crippen molar-refractivity contribution in [3.05, 3.63) is 58.1 Å². The Morgan fingerprint density at radius 3 is 2.75 bits per heavy atom. The number of carbonyl (C=O) groups excluding carboxylic acids is 2. The molecule has 28 heavy (non-hydrogen) atoms. The molecule has 7 heteroatoms. The third-order valence-corrected chi connectivity index (χ3v) is 4.77. The van der Waals surface area contributed by atoms with Gasteiger partial charge in [-0.3, -0.25) is 4.79 Å². The van der Waals surface area contributed by atoms with E-state index in [1.807, 2.05) is 24.3 Å². The lowest BCUT2D eigenvalue weighted by Crippen LogP contribution is -2.31. The molecule has 2 aromatic rings. The number of rotatable bonds is 6. The highest BCUT2D eigenvalue weighted by Crippen LogP contribution is 2.26. The van der Waals surface area contributed by atoms with Gasteiger partial charge in [-0.15, -0.1) is 0 Å². The van der Waals surface area contributed by atoms with E-state index in [-0.39, 0.29) is 11.6 Å². The Morgan fingerprint density at radius 1 is 1.21 bits per heavy atom. The summed E-state index contributed by atoms with van der Waals surface area (Å²) in [5.41, 5.74) is 3.29. The Balaban J connectivity index is 1.48. The van der Waals surface area contributed by atoms with Crippen LogP contribution in [0, 0.1) is 11.3 Å². The molecular formula is C21H19ClN2O4. The van der Waals surface area contributed by atoms with Crippen molar-refractivity contribution in [2.45, 2.75) is 32.3 Å². The minimum atomic E-state index is -1.01. The zero-order valence-electron chi connectivity index (χ0n) is 15.3. The molecule has 1 N–H and O–H groups in total. The van der Waals surface area contributed by atoms with Crippen LogP contribution >= 0.6 is 11.6 Å². The number of carbonyl (C=O) groups is 2. The van der Waals surface area contributed by atoms with E-state index in [1.165, 1.54) is 30.2 Å². The second-order valence-electron chi connectivity index (χ2n) is 6.50. The molecule has 0 aromatic heterocycles. The summed E-state index contributed by atoms with van der Waals surface area (Å²) in [6.45, 7) is 1.19. The fourth-order valence-corrected chi connectivity index (χ4v) is 3.22. The molecule has 6 nitrogen and oxygen atoms in total. The molecule has 144 valence electrons. The first-order valence-corrected chi connectivity index (χ1v) is 9.28. The molecular weight excluding hydrogens is 380 g/mol. The van der Waals surface area contributed by atoms with Crippen molar-refractivity contribution in [1.29, 1.82) is 5.26 Å². The summed E-state index contributed by atoms with van der Waals surface area (Å²) >= 11 is 5.94. The summed E-state index contributed by atoms with van der Waals surface area (Å²) in [6.07, 6.45) is 2.23. The Kier molecular flexibility index (Phi) is 6.17. The van der Waals surface area contributed by atoms with Crippen LogP contribution in [0.3, 0.4) is 0 Å². The SMILES string of the molecule is C[C@@H](OC(=O)COc1ccc2c(c1)CCC2)C(=O)Nc1ccc(C#N)c(Cl)c1. The van der Waals surface area contributed by atoms with Gasteiger partial charge in [-0.25, -0.2) is 4.79 Å². The number of amides is 1. The summed E-state index contributed by atoms with van der Waals surface area (Å²) in [5, 5.41) is 11.7. The predicted molar refractivity (Wildman–Crippen MR) is 104 cm³/mol. The zero-order chi connectivity index (χ0) is 20.1. The topological polar surface area (TPSA) is 88.4 Å². The summed E-state index contributed by atoms with van der Waals surface area (Å²) in [5.74, 6) is -0.533. The number of aryl methyl sites for hydroxylation is 2. The van der Waals surface area contributed by atoms with Gasteiger partial charge in [0.25, 0.3) is 5.91 Å². The average Bonchev–Trinajstić information content (AvgIpc) is 3.14. The average molecular weight is 399 g/mol. The highest BCUT2D eigenvalue weighted by molar-refractivity contribution is 6.32. The molecule has 3 rings (SSSR count). The third kappa shape index (κ3) is 4.81. The lowest BCUT2D eigenvalue weighted by molar-refractivity contribution is -0.155. The van der Waals surface area contributed by atoms with Gasteiger partial charge < -0.3 is 14.8 Å². The molecule has 0 aliphatic heterocycles. The van der Waals surface area contributed by atoms with E-state index in [2.05, 4.69) is 5.32 Å². The van der Waals surface area contributed by atoms with Gasteiger partial charge in [-0.1, -0.05) is 17.7 Å². The number of benzene rings is 2. The largest absolute Gasteiger partial charge is 0.482 e. The Bertz CT molecular complexity index is 952. The van der Waals surface area contributed by atoms with Gasteiger partial charge in [0.05, 0.1) is 10.6 Å². The molecule has 1 aliphatic carbocycles. The Morgan fingerprint density at radius 2 is 2.00 bits per heavy atom. The second-order valence-corrected chi connectivity index (χ2v) is 6.91. The summed E-state index contributed by atoms with van der Waals surface area (Å²) in [6, 6.07) is 12.2. The number of nitrogens with zero attached hydrogens (tertiary/aromatic N) is 1. The maximum Gasteiger partial charge on any atom is 0.344 e. The first-order chi connectivity index (χ1) is 13.5. The molecule has 0 saturated carbocycles. The van der Waals surface area contributed by atoms with E-state index in [0.717, 1.165) is 19.3 Å². The lowest BCUT2D eigenvalue weighted by Gasteiger charge is -2.14. The summed E-state index contributed by atoms with van der Waals surface area (Å²) in [7, 11) is 0. The Labute approximate surface area is 168 Å². The van der Waals surface area contributed by atoms with Crippen LogP contribution < -0.4 is 10.1 Å². The van der Waals surface area contributed by atoms with E-state index in [0.29, 0.717) is 17.0 Å². The number of nitriles is 1. The van der Waals surface area contributed by atoms with Crippen molar-refractivity contribution < 1.29 is 19.1 Å². The van der Waals surface area contributed by atoms with E-state index in [9.17, 15) is 9.59 Å². The van der Waals surface area contributed by atoms with Crippen LogP contribution in [0.1, 0.15) is 30.0 Å². The second kappa shape index (κ2) is 8.77. The van der Waals surface area contributed by atoms with E-state index >= 15 is 0 Å². The molecule has 0 saturated heterocycles. The number of ether oxygens (including phenoxy) is 2. The maximum atomic E-state index is 12.2.